The van der Waals surface area contributed by atoms with Gasteiger partial charge in [0.2, 0.25) is 5.88 Å². The molecular formula is C30H28N6O2. The van der Waals surface area contributed by atoms with E-state index in [-0.39, 0.29) is 5.91 Å². The van der Waals surface area contributed by atoms with Crippen molar-refractivity contribution in [1.82, 2.24) is 20.2 Å². The van der Waals surface area contributed by atoms with Crippen molar-refractivity contribution < 1.29 is 9.53 Å². The molecule has 0 radical (unpaired) electrons. The van der Waals surface area contributed by atoms with Crippen molar-refractivity contribution in [3.63, 3.8) is 0 Å². The third-order valence-corrected chi connectivity index (χ3v) is 6.79. The first kappa shape index (κ1) is 23.7. The quantitative estimate of drug-likeness (QED) is 0.279. The second kappa shape index (κ2) is 10.3. The van der Waals surface area contributed by atoms with Crippen LogP contribution in [0.3, 0.4) is 0 Å². The first-order valence-electron chi connectivity index (χ1n) is 12.8. The summed E-state index contributed by atoms with van der Waals surface area (Å²) in [6.07, 6.45) is 9.06. The minimum absolute atomic E-state index is 0.317. The zero-order valence-corrected chi connectivity index (χ0v) is 21.1. The molecule has 0 spiro atoms. The molecule has 0 bridgehead atoms. The number of pyridine rings is 2. The molecule has 6 rings (SSSR count). The van der Waals surface area contributed by atoms with Gasteiger partial charge in [-0.3, -0.25) is 14.9 Å². The monoisotopic (exact) mass is 504 g/mol. The molecule has 5 aromatic rings. The number of rotatable bonds is 6. The fraction of sp³-hybridized carbons (Fsp3) is 0.200. The summed E-state index contributed by atoms with van der Waals surface area (Å²) in [6.45, 7) is 4.14. The first-order chi connectivity index (χ1) is 18.6. The average Bonchev–Trinajstić information content (AvgIpc) is 3.39. The summed E-state index contributed by atoms with van der Waals surface area (Å²) < 4.78 is 5.78. The molecule has 2 N–H and O–H groups in total. The third kappa shape index (κ3) is 5.06. The Bertz CT molecular complexity index is 1570. The van der Waals surface area contributed by atoms with Crippen molar-refractivity contribution in [3.8, 4) is 22.8 Å². The van der Waals surface area contributed by atoms with Gasteiger partial charge in [-0.15, -0.1) is 0 Å². The van der Waals surface area contributed by atoms with Crippen molar-refractivity contribution in [3.05, 3.63) is 90.5 Å². The molecule has 0 unspecified atom stereocenters. The van der Waals surface area contributed by atoms with E-state index in [1.54, 1.807) is 18.3 Å². The van der Waals surface area contributed by atoms with E-state index < -0.39 is 0 Å². The number of nitrogens with zero attached hydrogens (tertiary/aromatic N) is 4. The van der Waals surface area contributed by atoms with Crippen LogP contribution in [-0.2, 0) is 0 Å². The zero-order chi connectivity index (χ0) is 25.9. The van der Waals surface area contributed by atoms with Crippen LogP contribution >= 0.6 is 0 Å². The summed E-state index contributed by atoms with van der Waals surface area (Å²) >= 11 is 0. The van der Waals surface area contributed by atoms with E-state index in [1.807, 2.05) is 61.8 Å². The highest BCUT2D eigenvalue weighted by Gasteiger charge is 2.17. The van der Waals surface area contributed by atoms with Crippen molar-refractivity contribution in [2.24, 2.45) is 0 Å². The van der Waals surface area contributed by atoms with Crippen LogP contribution in [0.5, 0.6) is 11.6 Å². The second-order valence-electron chi connectivity index (χ2n) is 9.57. The highest BCUT2D eigenvalue weighted by molar-refractivity contribution is 6.11. The smallest absolute Gasteiger partial charge is 0.276 e. The number of amides is 1. The van der Waals surface area contributed by atoms with Gasteiger partial charge in [0.05, 0.1) is 29.3 Å². The highest BCUT2D eigenvalue weighted by Crippen LogP contribution is 2.29. The number of benzene rings is 2. The summed E-state index contributed by atoms with van der Waals surface area (Å²) in [5, 5.41) is 10.9. The third-order valence-electron chi connectivity index (χ3n) is 6.79. The van der Waals surface area contributed by atoms with Gasteiger partial charge < -0.3 is 15.0 Å². The molecule has 38 heavy (non-hydrogen) atoms. The fourth-order valence-electron chi connectivity index (χ4n) is 4.71. The molecule has 1 saturated heterocycles. The summed E-state index contributed by atoms with van der Waals surface area (Å²) in [5.74, 6) is 0.833. The molecular weight excluding hydrogens is 476 g/mol. The number of carbonyl (C=O) groups excluding carboxylic acids is 1. The van der Waals surface area contributed by atoms with Crippen LogP contribution < -0.4 is 15.0 Å². The predicted molar refractivity (Wildman–Crippen MR) is 149 cm³/mol. The Morgan fingerprint density at radius 2 is 1.76 bits per heavy atom. The van der Waals surface area contributed by atoms with Gasteiger partial charge in [0.15, 0.2) is 5.69 Å². The largest absolute Gasteiger partial charge is 0.439 e. The average molecular weight is 505 g/mol. The minimum Gasteiger partial charge on any atom is -0.439 e. The Morgan fingerprint density at radius 3 is 2.55 bits per heavy atom. The second-order valence-corrected chi connectivity index (χ2v) is 9.57. The SMILES string of the molecule is Cc1ccc(Oc2ccc(NC(=O)c3n[nH]c4ccc(-c5cncc(N6CCCCC6)c5)cc34)cn2)cc1. The number of fused-ring (bicyclic) bond motifs is 1. The lowest BCUT2D eigenvalue weighted by Gasteiger charge is -2.28. The number of hydrogen-bond donors (Lipinski definition) is 2. The van der Waals surface area contributed by atoms with Gasteiger partial charge in [0.1, 0.15) is 5.75 Å². The van der Waals surface area contributed by atoms with Gasteiger partial charge in [-0.05, 0) is 68.1 Å². The van der Waals surface area contributed by atoms with Crippen molar-refractivity contribution in [1.29, 1.82) is 0 Å². The van der Waals surface area contributed by atoms with Gasteiger partial charge in [-0.2, -0.15) is 5.10 Å². The lowest BCUT2D eigenvalue weighted by molar-refractivity contribution is 0.102. The lowest BCUT2D eigenvalue weighted by Crippen LogP contribution is -2.29. The van der Waals surface area contributed by atoms with Gasteiger partial charge >= 0.3 is 0 Å². The number of ether oxygens (including phenoxy) is 1. The van der Waals surface area contributed by atoms with Crippen LogP contribution in [0.2, 0.25) is 0 Å². The van der Waals surface area contributed by atoms with Gasteiger partial charge in [-0.1, -0.05) is 23.8 Å². The molecule has 0 saturated carbocycles. The topological polar surface area (TPSA) is 96.0 Å². The summed E-state index contributed by atoms with van der Waals surface area (Å²) in [7, 11) is 0. The first-order valence-corrected chi connectivity index (χ1v) is 12.8. The summed E-state index contributed by atoms with van der Waals surface area (Å²) in [6, 6.07) is 19.3. The van der Waals surface area contributed by atoms with Crippen molar-refractivity contribution >= 4 is 28.2 Å². The van der Waals surface area contributed by atoms with E-state index in [0.29, 0.717) is 23.0 Å². The summed E-state index contributed by atoms with van der Waals surface area (Å²) in [4.78, 5) is 24.3. The number of anilines is 2. The number of aryl methyl sites for hydroxylation is 1. The van der Waals surface area contributed by atoms with Crippen LogP contribution in [0.1, 0.15) is 35.3 Å². The van der Waals surface area contributed by atoms with Crippen LogP contribution in [0.4, 0.5) is 11.4 Å². The molecule has 0 aliphatic carbocycles. The maximum absolute atomic E-state index is 13.1. The van der Waals surface area contributed by atoms with Crippen LogP contribution in [-0.4, -0.2) is 39.2 Å². The molecule has 3 aromatic heterocycles. The highest BCUT2D eigenvalue weighted by atomic mass is 16.5. The molecule has 1 fully saturated rings. The van der Waals surface area contributed by atoms with Crippen LogP contribution in [0.25, 0.3) is 22.0 Å². The maximum Gasteiger partial charge on any atom is 0.276 e. The number of nitrogens with one attached hydrogen (secondary N) is 2. The fourth-order valence-corrected chi connectivity index (χ4v) is 4.71. The Labute approximate surface area is 220 Å². The molecule has 2 aromatic carbocycles. The molecule has 8 heteroatoms. The Morgan fingerprint density at radius 1 is 0.921 bits per heavy atom. The van der Waals surface area contributed by atoms with Crippen molar-refractivity contribution in [2.75, 3.05) is 23.3 Å². The van der Waals surface area contributed by atoms with Gasteiger partial charge in [0, 0.05) is 36.3 Å². The number of carbonyl (C=O) groups is 1. The molecule has 8 nitrogen and oxygen atoms in total. The number of H-pyrrole nitrogens is 1. The lowest BCUT2D eigenvalue weighted by atomic mass is 10.0. The summed E-state index contributed by atoms with van der Waals surface area (Å²) in [5.41, 5.74) is 5.95. The van der Waals surface area contributed by atoms with E-state index in [0.717, 1.165) is 46.4 Å². The normalized spacial score (nSPS) is 13.4. The Hall–Kier alpha value is -4.72. The standard InChI is InChI=1S/C30H28N6O2/c1-20-5-9-25(10-6-20)38-28-12-8-23(18-32-28)33-30(37)29-26-16-21(7-11-27(26)34-35-29)22-15-24(19-31-17-22)36-13-3-2-4-14-36/h5-12,15-19H,2-4,13-14H2,1H3,(H,33,37)(H,34,35). The molecule has 0 atom stereocenters. The number of piperidine rings is 1. The van der Waals surface area contributed by atoms with Gasteiger partial charge in [0.25, 0.3) is 5.91 Å². The zero-order valence-electron chi connectivity index (χ0n) is 21.1. The van der Waals surface area contributed by atoms with E-state index in [4.69, 9.17) is 4.74 Å². The molecule has 190 valence electrons. The number of aromatic nitrogens is 4. The maximum atomic E-state index is 13.1. The van der Waals surface area contributed by atoms with Crippen LogP contribution in [0.15, 0.2) is 79.3 Å². The van der Waals surface area contributed by atoms with E-state index in [1.165, 1.54) is 19.3 Å². The minimum atomic E-state index is -0.317. The predicted octanol–water partition coefficient (Wildman–Crippen LogP) is 6.36. The number of aromatic amines is 1. The Kier molecular flexibility index (Phi) is 6.44. The van der Waals surface area contributed by atoms with Gasteiger partial charge in [-0.25, -0.2) is 4.98 Å². The number of hydrogen-bond acceptors (Lipinski definition) is 6. The molecule has 1 aliphatic heterocycles. The molecule has 4 heterocycles. The van der Waals surface area contributed by atoms with Crippen molar-refractivity contribution in [2.45, 2.75) is 26.2 Å². The Balaban J connectivity index is 1.19. The van der Waals surface area contributed by atoms with Crippen LogP contribution in [0, 0.1) is 6.92 Å². The van der Waals surface area contributed by atoms with E-state index in [9.17, 15) is 4.79 Å². The molecule has 1 amide bonds. The van der Waals surface area contributed by atoms with E-state index >= 15 is 0 Å². The molecule has 1 aliphatic rings. The van der Waals surface area contributed by atoms with E-state index in [2.05, 4.69) is 36.4 Å².